The van der Waals surface area contributed by atoms with Crippen molar-refractivity contribution in [3.63, 3.8) is 0 Å². The Kier molecular flexibility index (Phi) is 5.85. The Morgan fingerprint density at radius 3 is 2.48 bits per heavy atom. The predicted molar refractivity (Wildman–Crippen MR) is 93.2 cm³/mol. The minimum Gasteiger partial charge on any atom is -0.351 e. The largest absolute Gasteiger partial charge is 0.351 e. The monoisotopic (exact) mass is 339 g/mol. The van der Waals surface area contributed by atoms with Gasteiger partial charge in [0.25, 0.3) is 0 Å². The van der Waals surface area contributed by atoms with Crippen LogP contribution in [-0.4, -0.2) is 65.0 Å². The van der Waals surface area contributed by atoms with Crippen molar-refractivity contribution < 1.29 is 9.59 Å². The summed E-state index contributed by atoms with van der Waals surface area (Å²) in [5.41, 5.74) is 0. The number of nitrogens with zero attached hydrogens (tertiary/aromatic N) is 2. The van der Waals surface area contributed by atoms with Gasteiger partial charge in [0.1, 0.15) is 6.04 Å². The molecule has 1 saturated carbocycles. The molecule has 0 unspecified atom stereocenters. The second-order valence-electron chi connectivity index (χ2n) is 7.02. The molecule has 1 atom stereocenters. The quantitative estimate of drug-likeness (QED) is 0.847. The number of thioether (sulfide) groups is 1. The third-order valence-corrected chi connectivity index (χ3v) is 6.57. The van der Waals surface area contributed by atoms with E-state index < -0.39 is 0 Å². The smallest absolute Gasteiger partial charge is 0.243 e. The third-order valence-electron chi connectivity index (χ3n) is 5.55. The SMILES string of the molecule is CCN1CCC(NC(=O)[C@@H]2CSCN2C(=O)C2CCCC2)CC1. The average molecular weight is 340 g/mol. The summed E-state index contributed by atoms with van der Waals surface area (Å²) in [5, 5.41) is 3.21. The first-order valence-corrected chi connectivity index (χ1v) is 10.3. The number of nitrogens with one attached hydrogen (secondary N) is 1. The number of rotatable bonds is 4. The average Bonchev–Trinajstić information content (AvgIpc) is 3.26. The summed E-state index contributed by atoms with van der Waals surface area (Å²) in [5.74, 6) is 1.88. The van der Waals surface area contributed by atoms with Crippen molar-refractivity contribution in [3.05, 3.63) is 0 Å². The summed E-state index contributed by atoms with van der Waals surface area (Å²) in [6, 6.07) is 0.0247. The fraction of sp³-hybridized carbons (Fsp3) is 0.882. The summed E-state index contributed by atoms with van der Waals surface area (Å²) in [6.45, 7) is 5.39. The van der Waals surface area contributed by atoms with Gasteiger partial charge in [0.15, 0.2) is 0 Å². The summed E-state index contributed by atoms with van der Waals surface area (Å²) in [4.78, 5) is 29.6. The molecule has 0 bridgehead atoms. The van der Waals surface area contributed by atoms with E-state index in [4.69, 9.17) is 0 Å². The van der Waals surface area contributed by atoms with Crippen LogP contribution >= 0.6 is 11.8 Å². The Balaban J connectivity index is 1.52. The van der Waals surface area contributed by atoms with Crippen LogP contribution in [0.2, 0.25) is 0 Å². The van der Waals surface area contributed by atoms with Crippen LogP contribution in [0.15, 0.2) is 0 Å². The van der Waals surface area contributed by atoms with Gasteiger partial charge in [-0.25, -0.2) is 0 Å². The maximum atomic E-state index is 12.7. The van der Waals surface area contributed by atoms with Gasteiger partial charge < -0.3 is 15.1 Å². The molecule has 130 valence electrons. The molecule has 2 amide bonds. The first-order valence-electron chi connectivity index (χ1n) is 9.10. The van der Waals surface area contributed by atoms with Crippen LogP contribution in [-0.2, 0) is 9.59 Å². The number of piperidine rings is 1. The molecule has 5 nitrogen and oxygen atoms in total. The molecule has 3 aliphatic rings. The first kappa shape index (κ1) is 17.1. The van der Waals surface area contributed by atoms with Gasteiger partial charge >= 0.3 is 0 Å². The third kappa shape index (κ3) is 4.02. The van der Waals surface area contributed by atoms with E-state index in [0.717, 1.165) is 63.9 Å². The summed E-state index contributed by atoms with van der Waals surface area (Å²) in [7, 11) is 0. The molecule has 2 saturated heterocycles. The maximum absolute atomic E-state index is 12.7. The number of hydrogen-bond donors (Lipinski definition) is 1. The molecule has 0 aromatic heterocycles. The molecule has 3 rings (SSSR count). The molecule has 0 aromatic carbocycles. The summed E-state index contributed by atoms with van der Waals surface area (Å²) < 4.78 is 0. The summed E-state index contributed by atoms with van der Waals surface area (Å²) >= 11 is 1.71. The zero-order valence-electron chi connectivity index (χ0n) is 14.1. The molecule has 23 heavy (non-hydrogen) atoms. The van der Waals surface area contributed by atoms with Crippen LogP contribution in [0.4, 0.5) is 0 Å². The highest BCUT2D eigenvalue weighted by atomic mass is 32.2. The molecule has 6 heteroatoms. The van der Waals surface area contributed by atoms with Crippen LogP contribution < -0.4 is 5.32 Å². The fourth-order valence-electron chi connectivity index (χ4n) is 3.98. The molecule has 0 radical (unpaired) electrons. The maximum Gasteiger partial charge on any atom is 0.243 e. The minimum atomic E-state index is -0.252. The lowest BCUT2D eigenvalue weighted by molar-refractivity contribution is -0.141. The Morgan fingerprint density at radius 2 is 1.83 bits per heavy atom. The van der Waals surface area contributed by atoms with Crippen molar-refractivity contribution in [2.45, 2.75) is 57.5 Å². The molecule has 1 aliphatic carbocycles. The van der Waals surface area contributed by atoms with Crippen LogP contribution in [0.1, 0.15) is 45.4 Å². The van der Waals surface area contributed by atoms with Crippen LogP contribution in [0, 0.1) is 5.92 Å². The summed E-state index contributed by atoms with van der Waals surface area (Å²) in [6.07, 6.45) is 6.37. The highest BCUT2D eigenvalue weighted by Crippen LogP contribution is 2.31. The van der Waals surface area contributed by atoms with Gasteiger partial charge in [-0.15, -0.1) is 11.8 Å². The Morgan fingerprint density at radius 1 is 1.13 bits per heavy atom. The Labute approximate surface area is 143 Å². The molecule has 2 heterocycles. The Hall–Kier alpha value is -0.750. The van der Waals surface area contributed by atoms with E-state index in [-0.39, 0.29) is 29.8 Å². The molecule has 0 aromatic rings. The second-order valence-corrected chi connectivity index (χ2v) is 8.02. The zero-order chi connectivity index (χ0) is 16.2. The molecule has 0 spiro atoms. The first-order chi connectivity index (χ1) is 11.2. The van der Waals surface area contributed by atoms with Crippen molar-refractivity contribution in [2.24, 2.45) is 5.92 Å². The lowest BCUT2D eigenvalue weighted by Crippen LogP contribution is -2.53. The highest BCUT2D eigenvalue weighted by Gasteiger charge is 2.38. The molecular formula is C17H29N3O2S. The van der Waals surface area contributed by atoms with Gasteiger partial charge in [0.05, 0.1) is 5.88 Å². The number of hydrogen-bond acceptors (Lipinski definition) is 4. The highest BCUT2D eigenvalue weighted by molar-refractivity contribution is 7.99. The van der Waals surface area contributed by atoms with Crippen molar-refractivity contribution in [3.8, 4) is 0 Å². The number of carbonyl (C=O) groups is 2. The normalized spacial score (nSPS) is 27.5. The lowest BCUT2D eigenvalue weighted by Gasteiger charge is -2.33. The van der Waals surface area contributed by atoms with Gasteiger partial charge in [-0.05, 0) is 32.2 Å². The van der Waals surface area contributed by atoms with Gasteiger partial charge in [-0.1, -0.05) is 19.8 Å². The van der Waals surface area contributed by atoms with Crippen LogP contribution in [0.25, 0.3) is 0 Å². The van der Waals surface area contributed by atoms with E-state index in [2.05, 4.69) is 17.1 Å². The van der Waals surface area contributed by atoms with E-state index in [9.17, 15) is 9.59 Å². The van der Waals surface area contributed by atoms with Gasteiger partial charge in [0.2, 0.25) is 11.8 Å². The number of amides is 2. The molecular weight excluding hydrogens is 310 g/mol. The Bertz CT molecular complexity index is 432. The number of likely N-dealkylation sites (tertiary alicyclic amines) is 1. The standard InChI is InChI=1S/C17H29N3O2S/c1-2-19-9-7-14(8-10-19)18-16(21)15-11-23-12-20(15)17(22)13-5-3-4-6-13/h13-15H,2-12H2,1H3,(H,18,21)/t15-/m0/s1. The molecule has 1 N–H and O–H groups in total. The lowest BCUT2D eigenvalue weighted by atomic mass is 10.0. The van der Waals surface area contributed by atoms with Gasteiger partial charge in [-0.3, -0.25) is 9.59 Å². The van der Waals surface area contributed by atoms with Crippen LogP contribution in [0.5, 0.6) is 0 Å². The van der Waals surface area contributed by atoms with E-state index >= 15 is 0 Å². The molecule has 2 aliphatic heterocycles. The van der Waals surface area contributed by atoms with E-state index in [1.807, 2.05) is 4.90 Å². The van der Waals surface area contributed by atoms with E-state index in [1.54, 1.807) is 11.8 Å². The van der Waals surface area contributed by atoms with Gasteiger partial charge in [0, 0.05) is 30.8 Å². The fourth-order valence-corrected chi connectivity index (χ4v) is 5.14. The predicted octanol–water partition coefficient (Wildman–Crippen LogP) is 1.68. The van der Waals surface area contributed by atoms with Crippen molar-refractivity contribution in [2.75, 3.05) is 31.3 Å². The molecule has 3 fully saturated rings. The van der Waals surface area contributed by atoms with E-state index in [0.29, 0.717) is 5.88 Å². The van der Waals surface area contributed by atoms with E-state index in [1.165, 1.54) is 0 Å². The number of carbonyl (C=O) groups excluding carboxylic acids is 2. The second kappa shape index (κ2) is 7.88. The van der Waals surface area contributed by atoms with Gasteiger partial charge in [-0.2, -0.15) is 0 Å². The van der Waals surface area contributed by atoms with Crippen LogP contribution in [0.3, 0.4) is 0 Å². The van der Waals surface area contributed by atoms with Crippen molar-refractivity contribution >= 4 is 23.6 Å². The topological polar surface area (TPSA) is 52.7 Å². The van der Waals surface area contributed by atoms with Crippen molar-refractivity contribution in [1.29, 1.82) is 0 Å². The minimum absolute atomic E-state index is 0.0660. The van der Waals surface area contributed by atoms with Crippen molar-refractivity contribution in [1.82, 2.24) is 15.1 Å². The zero-order valence-corrected chi connectivity index (χ0v) is 14.9.